The van der Waals surface area contributed by atoms with Crippen LogP contribution in [0.4, 0.5) is 0 Å². The second kappa shape index (κ2) is 3.35. The number of allylic oxidation sites excluding steroid dienone is 2. The van der Waals surface area contributed by atoms with E-state index >= 15 is 0 Å². The zero-order valence-electron chi connectivity index (χ0n) is 9.73. The first-order valence-corrected chi connectivity index (χ1v) is 5.78. The van der Waals surface area contributed by atoms with Gasteiger partial charge in [0.2, 0.25) is 0 Å². The Morgan fingerprint density at radius 2 is 2.38 bits per heavy atom. The van der Waals surface area contributed by atoms with Crippen molar-refractivity contribution in [3.8, 4) is 0 Å². The molecule has 1 unspecified atom stereocenters. The normalized spacial score (nSPS) is 33.5. The van der Waals surface area contributed by atoms with Crippen molar-refractivity contribution < 1.29 is 4.74 Å². The molecule has 4 nitrogen and oxygen atoms in total. The number of hydrogen-bond acceptors (Lipinski definition) is 4. The summed E-state index contributed by atoms with van der Waals surface area (Å²) in [7, 11) is 0. The summed E-state index contributed by atoms with van der Waals surface area (Å²) in [5.74, 6) is 0. The van der Waals surface area contributed by atoms with E-state index in [0.29, 0.717) is 6.04 Å². The minimum atomic E-state index is -0.136. The average molecular weight is 219 g/mol. The third kappa shape index (κ3) is 1.23. The molecule has 0 aliphatic carbocycles. The van der Waals surface area contributed by atoms with Gasteiger partial charge in [0.25, 0.3) is 0 Å². The maximum atomic E-state index is 5.25. The Hall–Kier alpha value is -1.29. The van der Waals surface area contributed by atoms with Crippen LogP contribution in [0.3, 0.4) is 0 Å². The molecule has 0 saturated carbocycles. The van der Waals surface area contributed by atoms with Crippen LogP contribution in [0.2, 0.25) is 0 Å². The monoisotopic (exact) mass is 219 g/mol. The third-order valence-electron chi connectivity index (χ3n) is 3.64. The number of hydrogen-bond donors (Lipinski definition) is 1. The fourth-order valence-electron chi connectivity index (χ4n) is 2.32. The SMILES string of the molecule is CC1=NN(C2COC2)C2=CCC=CNC21C. The fraction of sp³-hybridized carbons (Fsp3) is 0.583. The van der Waals surface area contributed by atoms with Gasteiger partial charge in [-0.15, -0.1) is 0 Å². The van der Waals surface area contributed by atoms with Crippen molar-refractivity contribution in [2.75, 3.05) is 13.2 Å². The number of nitrogens with zero attached hydrogens (tertiary/aromatic N) is 2. The summed E-state index contributed by atoms with van der Waals surface area (Å²) < 4.78 is 5.25. The minimum absolute atomic E-state index is 0.136. The lowest BCUT2D eigenvalue weighted by Crippen LogP contribution is -2.50. The summed E-state index contributed by atoms with van der Waals surface area (Å²) in [5, 5.41) is 10.3. The van der Waals surface area contributed by atoms with Gasteiger partial charge in [0.05, 0.1) is 30.7 Å². The Morgan fingerprint density at radius 1 is 1.56 bits per heavy atom. The molecule has 0 aromatic heterocycles. The molecule has 0 radical (unpaired) electrons. The van der Waals surface area contributed by atoms with Crippen molar-refractivity contribution in [2.45, 2.75) is 31.8 Å². The maximum Gasteiger partial charge on any atom is 0.116 e. The van der Waals surface area contributed by atoms with E-state index in [0.717, 1.165) is 25.3 Å². The van der Waals surface area contributed by atoms with Crippen LogP contribution in [0.5, 0.6) is 0 Å². The molecule has 86 valence electrons. The molecule has 3 heterocycles. The first kappa shape index (κ1) is 9.90. The van der Waals surface area contributed by atoms with Gasteiger partial charge in [-0.25, -0.2) is 0 Å². The Bertz CT molecular complexity index is 395. The van der Waals surface area contributed by atoms with Gasteiger partial charge < -0.3 is 10.1 Å². The lowest BCUT2D eigenvalue weighted by Gasteiger charge is -2.37. The van der Waals surface area contributed by atoms with Crippen LogP contribution in [-0.2, 0) is 4.74 Å². The van der Waals surface area contributed by atoms with E-state index in [1.807, 2.05) is 6.20 Å². The zero-order chi connectivity index (χ0) is 11.2. The van der Waals surface area contributed by atoms with Crippen LogP contribution >= 0.6 is 0 Å². The summed E-state index contributed by atoms with van der Waals surface area (Å²) in [6.45, 7) is 5.85. The zero-order valence-corrected chi connectivity index (χ0v) is 9.73. The second-order valence-corrected chi connectivity index (χ2v) is 4.72. The van der Waals surface area contributed by atoms with Gasteiger partial charge in [-0.1, -0.05) is 12.2 Å². The van der Waals surface area contributed by atoms with E-state index in [9.17, 15) is 0 Å². The molecule has 0 bridgehead atoms. The predicted octanol–water partition coefficient (Wildman–Crippen LogP) is 1.23. The van der Waals surface area contributed by atoms with Gasteiger partial charge in [-0.2, -0.15) is 5.10 Å². The van der Waals surface area contributed by atoms with E-state index in [2.05, 4.69) is 41.4 Å². The van der Waals surface area contributed by atoms with Crippen molar-refractivity contribution in [2.24, 2.45) is 5.10 Å². The smallest absolute Gasteiger partial charge is 0.116 e. The van der Waals surface area contributed by atoms with Crippen LogP contribution in [-0.4, -0.2) is 35.5 Å². The molecule has 3 aliphatic heterocycles. The van der Waals surface area contributed by atoms with Crippen LogP contribution in [0.1, 0.15) is 20.3 Å². The highest BCUT2D eigenvalue weighted by atomic mass is 16.5. The Balaban J connectivity index is 1.96. The summed E-state index contributed by atoms with van der Waals surface area (Å²) in [4.78, 5) is 0. The number of nitrogens with one attached hydrogen (secondary N) is 1. The van der Waals surface area contributed by atoms with Crippen LogP contribution in [0.25, 0.3) is 0 Å². The van der Waals surface area contributed by atoms with E-state index in [1.165, 1.54) is 5.70 Å². The van der Waals surface area contributed by atoms with E-state index < -0.39 is 0 Å². The summed E-state index contributed by atoms with van der Waals surface area (Å²) in [6.07, 6.45) is 7.39. The molecule has 16 heavy (non-hydrogen) atoms. The summed E-state index contributed by atoms with van der Waals surface area (Å²) in [6, 6.07) is 0.419. The predicted molar refractivity (Wildman–Crippen MR) is 62.9 cm³/mol. The van der Waals surface area contributed by atoms with Gasteiger partial charge in [0.15, 0.2) is 0 Å². The molecule has 1 fully saturated rings. The van der Waals surface area contributed by atoms with E-state index in [1.54, 1.807) is 0 Å². The van der Waals surface area contributed by atoms with Gasteiger partial charge in [-0.05, 0) is 26.5 Å². The first-order chi connectivity index (χ1) is 7.72. The number of fused-ring (bicyclic) bond motifs is 1. The van der Waals surface area contributed by atoms with Crippen LogP contribution in [0, 0.1) is 0 Å². The molecule has 3 aliphatic rings. The molecular formula is C12H17N3O. The standard InChI is InChI=1S/C12H17N3O/c1-9-12(2)11(5-3-4-6-13-12)15(14-9)10-7-16-8-10/h4-6,10,13H,3,7-8H2,1-2H3. The van der Waals surface area contributed by atoms with Gasteiger partial charge >= 0.3 is 0 Å². The Labute approximate surface area is 95.6 Å². The highest BCUT2D eigenvalue weighted by Crippen LogP contribution is 2.34. The van der Waals surface area contributed by atoms with Crippen molar-refractivity contribution in [1.29, 1.82) is 0 Å². The summed E-state index contributed by atoms with van der Waals surface area (Å²) in [5.41, 5.74) is 2.25. The lowest BCUT2D eigenvalue weighted by atomic mass is 9.93. The molecule has 1 N–H and O–H groups in total. The van der Waals surface area contributed by atoms with Crippen LogP contribution in [0.15, 0.2) is 29.2 Å². The van der Waals surface area contributed by atoms with Crippen LogP contribution < -0.4 is 5.32 Å². The number of hydrazone groups is 1. The highest BCUT2D eigenvalue weighted by molar-refractivity contribution is 5.96. The number of ether oxygens (including phenoxy) is 1. The van der Waals surface area contributed by atoms with E-state index in [-0.39, 0.29) is 5.54 Å². The molecule has 0 aromatic rings. The largest absolute Gasteiger partial charge is 0.377 e. The van der Waals surface area contributed by atoms with Crippen molar-refractivity contribution in [1.82, 2.24) is 10.3 Å². The van der Waals surface area contributed by atoms with Crippen molar-refractivity contribution >= 4 is 5.71 Å². The lowest BCUT2D eigenvalue weighted by molar-refractivity contribution is -0.0522. The van der Waals surface area contributed by atoms with Gasteiger partial charge in [0, 0.05) is 0 Å². The van der Waals surface area contributed by atoms with E-state index in [4.69, 9.17) is 4.74 Å². The highest BCUT2D eigenvalue weighted by Gasteiger charge is 2.44. The molecule has 0 aromatic carbocycles. The molecule has 3 rings (SSSR count). The quantitative estimate of drug-likeness (QED) is 0.720. The maximum absolute atomic E-state index is 5.25. The van der Waals surface area contributed by atoms with Gasteiger partial charge in [0.1, 0.15) is 5.54 Å². The topological polar surface area (TPSA) is 36.9 Å². The Morgan fingerprint density at radius 3 is 3.06 bits per heavy atom. The van der Waals surface area contributed by atoms with Crippen molar-refractivity contribution in [3.63, 3.8) is 0 Å². The molecule has 1 atom stereocenters. The molecule has 1 saturated heterocycles. The molecule has 4 heteroatoms. The van der Waals surface area contributed by atoms with Gasteiger partial charge in [-0.3, -0.25) is 5.01 Å². The third-order valence-corrected chi connectivity index (χ3v) is 3.64. The molecular weight excluding hydrogens is 202 g/mol. The number of rotatable bonds is 1. The minimum Gasteiger partial charge on any atom is -0.377 e. The Kier molecular flexibility index (Phi) is 2.07. The molecule has 0 spiro atoms. The molecule has 0 amide bonds. The fourth-order valence-corrected chi connectivity index (χ4v) is 2.32. The second-order valence-electron chi connectivity index (χ2n) is 4.72. The average Bonchev–Trinajstić information content (AvgIpc) is 2.37. The first-order valence-electron chi connectivity index (χ1n) is 5.78. The van der Waals surface area contributed by atoms with Crippen molar-refractivity contribution in [3.05, 3.63) is 24.0 Å². The summed E-state index contributed by atoms with van der Waals surface area (Å²) >= 11 is 0.